The van der Waals surface area contributed by atoms with Gasteiger partial charge in [-0.25, -0.2) is 0 Å². The molecule has 0 bridgehead atoms. The van der Waals surface area contributed by atoms with Gasteiger partial charge in [0.25, 0.3) is 5.89 Å². The molecule has 106 valence electrons. The number of halogens is 1. The first-order valence-corrected chi connectivity index (χ1v) is 7.82. The van der Waals surface area contributed by atoms with E-state index in [1.54, 1.807) is 0 Å². The minimum Gasteiger partial charge on any atom is -0.397 e. The molecule has 1 heterocycles. The molecule has 1 saturated carbocycles. The maximum atomic E-state index is 6.05. The smallest absolute Gasteiger partial charge is 0.260 e. The molecule has 1 fully saturated rings. The Hall–Kier alpha value is -1.36. The minimum atomic E-state index is 0.428. The topological polar surface area (TPSA) is 64.9 Å². The fourth-order valence-corrected chi connectivity index (χ4v) is 3.12. The van der Waals surface area contributed by atoms with Crippen LogP contribution in [0.3, 0.4) is 0 Å². The lowest BCUT2D eigenvalue weighted by Gasteiger charge is -2.23. The highest BCUT2D eigenvalue weighted by Gasteiger charge is 2.24. The van der Waals surface area contributed by atoms with Gasteiger partial charge < -0.3 is 10.3 Å². The first-order chi connectivity index (χ1) is 9.65. The van der Waals surface area contributed by atoms with Crippen LogP contribution >= 0.6 is 15.9 Å². The van der Waals surface area contributed by atoms with Gasteiger partial charge in [-0.2, -0.15) is 4.98 Å². The summed E-state index contributed by atoms with van der Waals surface area (Å²) in [5.41, 5.74) is 7.48. The molecular weight excluding hydrogens is 318 g/mol. The normalized spacial score (nSPS) is 22.9. The molecule has 0 saturated heterocycles. The summed E-state index contributed by atoms with van der Waals surface area (Å²) in [4.78, 5) is 4.55. The van der Waals surface area contributed by atoms with Crippen molar-refractivity contribution in [3.63, 3.8) is 0 Å². The van der Waals surface area contributed by atoms with E-state index in [0.29, 0.717) is 17.5 Å². The average molecular weight is 336 g/mol. The fourth-order valence-electron chi connectivity index (χ4n) is 2.75. The second kappa shape index (κ2) is 5.56. The van der Waals surface area contributed by atoms with Crippen LogP contribution in [-0.2, 0) is 0 Å². The zero-order chi connectivity index (χ0) is 14.1. The molecule has 0 aliphatic heterocycles. The minimum absolute atomic E-state index is 0.428. The van der Waals surface area contributed by atoms with Crippen LogP contribution < -0.4 is 5.73 Å². The molecule has 20 heavy (non-hydrogen) atoms. The van der Waals surface area contributed by atoms with Gasteiger partial charge in [0.05, 0.1) is 11.3 Å². The van der Waals surface area contributed by atoms with Gasteiger partial charge >= 0.3 is 0 Å². The highest BCUT2D eigenvalue weighted by Crippen LogP contribution is 2.36. The summed E-state index contributed by atoms with van der Waals surface area (Å²) >= 11 is 3.42. The van der Waals surface area contributed by atoms with E-state index in [1.165, 1.54) is 12.8 Å². The number of anilines is 1. The lowest BCUT2D eigenvalue weighted by atomic mass is 9.83. The van der Waals surface area contributed by atoms with Crippen molar-refractivity contribution < 1.29 is 4.52 Å². The number of hydrogen-bond acceptors (Lipinski definition) is 4. The molecule has 5 heteroatoms. The molecule has 1 aromatic heterocycles. The molecule has 0 spiro atoms. The molecule has 0 unspecified atom stereocenters. The maximum absolute atomic E-state index is 6.05. The van der Waals surface area contributed by atoms with Crippen molar-refractivity contribution >= 4 is 21.6 Å². The van der Waals surface area contributed by atoms with Crippen LogP contribution in [0.2, 0.25) is 0 Å². The predicted octanol–water partition coefficient (Wildman–Crippen LogP) is 4.38. The molecule has 4 nitrogen and oxygen atoms in total. The number of aromatic nitrogens is 2. The molecule has 3 rings (SSSR count). The number of rotatable bonds is 2. The summed E-state index contributed by atoms with van der Waals surface area (Å²) in [5.74, 6) is 2.58. The van der Waals surface area contributed by atoms with E-state index in [2.05, 4.69) is 33.0 Å². The van der Waals surface area contributed by atoms with Gasteiger partial charge in [0.2, 0.25) is 0 Å². The average Bonchev–Trinajstić information content (AvgIpc) is 2.92. The first kappa shape index (κ1) is 13.6. The molecule has 1 aliphatic carbocycles. The van der Waals surface area contributed by atoms with E-state index < -0.39 is 0 Å². The molecule has 0 radical (unpaired) electrons. The van der Waals surface area contributed by atoms with Crippen LogP contribution in [0.1, 0.15) is 44.3 Å². The Morgan fingerprint density at radius 1 is 1.25 bits per heavy atom. The summed E-state index contributed by atoms with van der Waals surface area (Å²) in [6, 6.07) is 5.72. The van der Waals surface area contributed by atoms with Gasteiger partial charge in [0.1, 0.15) is 0 Å². The number of nitrogen functional groups attached to an aromatic ring is 1. The van der Waals surface area contributed by atoms with E-state index >= 15 is 0 Å². The second-order valence-electron chi connectivity index (χ2n) is 5.62. The third-order valence-corrected chi connectivity index (χ3v) is 4.80. The largest absolute Gasteiger partial charge is 0.397 e. The quantitative estimate of drug-likeness (QED) is 0.827. The SMILES string of the molecule is CC1CCC(c2noc(-c3cccc(Br)c3N)n2)CC1. The second-order valence-corrected chi connectivity index (χ2v) is 6.47. The van der Waals surface area contributed by atoms with Crippen molar-refractivity contribution in [2.75, 3.05) is 5.73 Å². The van der Waals surface area contributed by atoms with E-state index in [0.717, 1.165) is 34.6 Å². The van der Waals surface area contributed by atoms with E-state index in [9.17, 15) is 0 Å². The van der Waals surface area contributed by atoms with E-state index in [1.807, 2.05) is 18.2 Å². The van der Waals surface area contributed by atoms with Crippen molar-refractivity contribution in [1.29, 1.82) is 0 Å². The Kier molecular flexibility index (Phi) is 3.78. The highest BCUT2D eigenvalue weighted by molar-refractivity contribution is 9.10. The Balaban J connectivity index is 1.85. The van der Waals surface area contributed by atoms with Gasteiger partial charge in [-0.3, -0.25) is 0 Å². The van der Waals surface area contributed by atoms with Crippen LogP contribution in [0.15, 0.2) is 27.2 Å². The van der Waals surface area contributed by atoms with E-state index in [-0.39, 0.29) is 0 Å². The van der Waals surface area contributed by atoms with Gasteiger partial charge in [0, 0.05) is 10.4 Å². The number of nitrogens with two attached hydrogens (primary N) is 1. The Bertz CT molecular complexity index is 603. The Morgan fingerprint density at radius 2 is 2.00 bits per heavy atom. The van der Waals surface area contributed by atoms with Crippen molar-refractivity contribution in [3.8, 4) is 11.5 Å². The zero-order valence-corrected chi connectivity index (χ0v) is 13.1. The summed E-state index contributed by atoms with van der Waals surface area (Å²) in [7, 11) is 0. The lowest BCUT2D eigenvalue weighted by Crippen LogP contribution is -2.11. The van der Waals surface area contributed by atoms with Gasteiger partial charge in [-0.1, -0.05) is 31.0 Å². The highest BCUT2D eigenvalue weighted by atomic mass is 79.9. The summed E-state index contributed by atoms with van der Waals surface area (Å²) in [6.45, 7) is 2.31. The number of para-hydroxylation sites is 1. The number of hydrogen-bond donors (Lipinski definition) is 1. The van der Waals surface area contributed by atoms with Crippen LogP contribution in [0, 0.1) is 5.92 Å². The first-order valence-electron chi connectivity index (χ1n) is 7.03. The van der Waals surface area contributed by atoms with Crippen LogP contribution in [-0.4, -0.2) is 10.1 Å². The number of benzene rings is 1. The fraction of sp³-hybridized carbons (Fsp3) is 0.467. The number of nitrogens with zero attached hydrogens (tertiary/aromatic N) is 2. The van der Waals surface area contributed by atoms with Crippen molar-refractivity contribution in [1.82, 2.24) is 10.1 Å². The third kappa shape index (κ3) is 2.59. The van der Waals surface area contributed by atoms with Gasteiger partial charge in [-0.05, 0) is 46.8 Å². The standard InChI is InChI=1S/C15H18BrN3O/c1-9-5-7-10(8-6-9)14-18-15(20-19-14)11-3-2-4-12(16)13(11)17/h2-4,9-10H,5-8,17H2,1H3. The van der Waals surface area contributed by atoms with Crippen molar-refractivity contribution in [2.45, 2.75) is 38.5 Å². The Labute approximate surface area is 126 Å². The van der Waals surface area contributed by atoms with Crippen LogP contribution in [0.25, 0.3) is 11.5 Å². The monoisotopic (exact) mass is 335 g/mol. The van der Waals surface area contributed by atoms with Crippen molar-refractivity contribution in [3.05, 3.63) is 28.5 Å². The van der Waals surface area contributed by atoms with Gasteiger partial charge in [-0.15, -0.1) is 0 Å². The summed E-state index contributed by atoms with van der Waals surface area (Å²) in [5, 5.41) is 4.16. The predicted molar refractivity (Wildman–Crippen MR) is 82.2 cm³/mol. The molecule has 2 aromatic rings. The maximum Gasteiger partial charge on any atom is 0.260 e. The molecule has 0 atom stereocenters. The molecular formula is C15H18BrN3O. The van der Waals surface area contributed by atoms with E-state index in [4.69, 9.17) is 10.3 Å². The Morgan fingerprint density at radius 3 is 2.75 bits per heavy atom. The summed E-state index contributed by atoms with van der Waals surface area (Å²) < 4.78 is 6.25. The zero-order valence-electron chi connectivity index (χ0n) is 11.5. The molecule has 1 aromatic carbocycles. The van der Waals surface area contributed by atoms with Crippen LogP contribution in [0.4, 0.5) is 5.69 Å². The molecule has 1 aliphatic rings. The summed E-state index contributed by atoms with van der Waals surface area (Å²) in [6.07, 6.45) is 4.78. The van der Waals surface area contributed by atoms with Crippen LogP contribution in [0.5, 0.6) is 0 Å². The third-order valence-electron chi connectivity index (χ3n) is 4.11. The van der Waals surface area contributed by atoms with Gasteiger partial charge in [0.15, 0.2) is 5.82 Å². The molecule has 2 N–H and O–H groups in total. The lowest BCUT2D eigenvalue weighted by molar-refractivity contribution is 0.329. The molecule has 0 amide bonds. The van der Waals surface area contributed by atoms with Crippen molar-refractivity contribution in [2.24, 2.45) is 5.92 Å².